The lowest BCUT2D eigenvalue weighted by Gasteiger charge is -2.22. The predicted molar refractivity (Wildman–Crippen MR) is 101 cm³/mol. The molecular weight excluding hydrogens is 352 g/mol. The van der Waals surface area contributed by atoms with Crippen LogP contribution in [0.25, 0.3) is 0 Å². The maximum absolute atomic E-state index is 12.4. The Balaban J connectivity index is 2.22. The molecule has 0 spiro atoms. The maximum atomic E-state index is 12.4. The molecule has 0 fully saturated rings. The summed E-state index contributed by atoms with van der Waals surface area (Å²) < 4.78 is 2.91. The van der Waals surface area contributed by atoms with Crippen molar-refractivity contribution >= 4 is 47.3 Å². The Labute approximate surface area is 145 Å². The van der Waals surface area contributed by atoms with Crippen LogP contribution in [0.2, 0.25) is 18.1 Å². The minimum atomic E-state index is -1.51. The molecule has 22 heavy (non-hydrogen) atoms. The molecule has 0 saturated heterocycles. The molecule has 0 saturated carbocycles. The van der Waals surface area contributed by atoms with Gasteiger partial charge in [0, 0.05) is 0 Å². The van der Waals surface area contributed by atoms with Gasteiger partial charge in [0.05, 0.1) is 16.6 Å². The molecule has 3 nitrogen and oxygen atoms in total. The van der Waals surface area contributed by atoms with E-state index >= 15 is 0 Å². The van der Waals surface area contributed by atoms with E-state index in [-0.39, 0.29) is 16.1 Å². The summed E-state index contributed by atoms with van der Waals surface area (Å²) in [4.78, 5) is 13.1. The third kappa shape index (κ3) is 3.85. The number of thiophene rings is 1. The van der Waals surface area contributed by atoms with Gasteiger partial charge in [-0.15, -0.1) is 11.8 Å². The highest BCUT2D eigenvalue weighted by molar-refractivity contribution is 8.01. The van der Waals surface area contributed by atoms with Crippen molar-refractivity contribution in [1.82, 2.24) is 9.78 Å². The number of rotatable bonds is 4. The molecule has 2 aromatic rings. The van der Waals surface area contributed by atoms with Crippen LogP contribution in [0.5, 0.6) is 0 Å². The van der Waals surface area contributed by atoms with Crippen molar-refractivity contribution in [2.24, 2.45) is 0 Å². The molecular formula is C15H21ClN2OS2Si. The van der Waals surface area contributed by atoms with Gasteiger partial charge in [0.25, 0.3) is 5.56 Å². The summed E-state index contributed by atoms with van der Waals surface area (Å²) in [6, 6.07) is 4.30. The van der Waals surface area contributed by atoms with Crippen molar-refractivity contribution in [2.75, 3.05) is 5.38 Å². The van der Waals surface area contributed by atoms with Crippen molar-refractivity contribution < 1.29 is 0 Å². The van der Waals surface area contributed by atoms with E-state index in [4.69, 9.17) is 11.6 Å². The summed E-state index contributed by atoms with van der Waals surface area (Å²) in [6.07, 6.45) is 1.72. The molecule has 7 heteroatoms. The Morgan fingerprint density at radius 2 is 2.09 bits per heavy atom. The molecule has 2 heterocycles. The Kier molecular flexibility index (Phi) is 5.26. The molecule has 0 aromatic carbocycles. The van der Waals surface area contributed by atoms with Crippen molar-refractivity contribution in [3.8, 4) is 0 Å². The number of nitrogens with zero attached hydrogens (tertiary/aromatic N) is 2. The summed E-state index contributed by atoms with van der Waals surface area (Å²) in [5.74, 6) is 0. The van der Waals surface area contributed by atoms with Crippen LogP contribution in [0.15, 0.2) is 33.4 Å². The van der Waals surface area contributed by atoms with Gasteiger partial charge in [0.1, 0.15) is 13.1 Å². The lowest BCUT2D eigenvalue weighted by atomic mass is 10.1. The van der Waals surface area contributed by atoms with Gasteiger partial charge in [0.2, 0.25) is 0 Å². The minimum Gasteiger partial charge on any atom is -0.266 e. The van der Waals surface area contributed by atoms with E-state index in [0.29, 0.717) is 0 Å². The van der Waals surface area contributed by atoms with Crippen molar-refractivity contribution in [3.63, 3.8) is 0 Å². The van der Waals surface area contributed by atoms with Gasteiger partial charge in [-0.2, -0.15) is 16.4 Å². The highest BCUT2D eigenvalue weighted by Crippen LogP contribution is 2.27. The van der Waals surface area contributed by atoms with Gasteiger partial charge in [-0.05, 0) is 36.0 Å². The van der Waals surface area contributed by atoms with E-state index in [1.807, 2.05) is 32.1 Å². The second kappa shape index (κ2) is 6.51. The fourth-order valence-electron chi connectivity index (χ4n) is 1.99. The van der Waals surface area contributed by atoms with Gasteiger partial charge in [0.15, 0.2) is 0 Å². The lowest BCUT2D eigenvalue weighted by molar-refractivity contribution is 0.336. The van der Waals surface area contributed by atoms with E-state index in [9.17, 15) is 4.79 Å². The first kappa shape index (κ1) is 17.8. The Morgan fingerprint density at radius 3 is 2.64 bits per heavy atom. The van der Waals surface area contributed by atoms with Crippen LogP contribution in [0.3, 0.4) is 0 Å². The second-order valence-corrected chi connectivity index (χ2v) is 14.7. The standard InChI is InChI=1S/C15H21ClN2OS2Si/c1-15(2,3)18-14(19)13(16)11(9-17-18)21-10-22(4,5)12-7-6-8-20-12/h6-9H,10H2,1-5H3. The molecule has 0 amide bonds. The summed E-state index contributed by atoms with van der Waals surface area (Å²) in [5.41, 5.74) is -0.579. The summed E-state index contributed by atoms with van der Waals surface area (Å²) >= 11 is 9.74. The number of hydrogen-bond donors (Lipinski definition) is 0. The van der Waals surface area contributed by atoms with Crippen LogP contribution >= 0.6 is 34.7 Å². The third-order valence-electron chi connectivity index (χ3n) is 3.30. The van der Waals surface area contributed by atoms with E-state index < -0.39 is 8.07 Å². The summed E-state index contributed by atoms with van der Waals surface area (Å²) in [5, 5.41) is 7.67. The van der Waals surface area contributed by atoms with Crippen molar-refractivity contribution in [2.45, 2.75) is 44.3 Å². The first-order chi connectivity index (χ1) is 10.1. The average Bonchev–Trinajstić information content (AvgIpc) is 2.93. The van der Waals surface area contributed by atoms with Crippen LogP contribution in [-0.4, -0.2) is 23.2 Å². The zero-order valence-corrected chi connectivity index (χ0v) is 16.9. The van der Waals surface area contributed by atoms with Gasteiger partial charge < -0.3 is 0 Å². The molecule has 0 unspecified atom stereocenters. The van der Waals surface area contributed by atoms with Crippen LogP contribution in [0.1, 0.15) is 20.8 Å². The fourth-order valence-corrected chi connectivity index (χ4v) is 8.27. The smallest absolute Gasteiger partial charge is 0.266 e. The van der Waals surface area contributed by atoms with Gasteiger partial charge in [-0.1, -0.05) is 36.8 Å². The molecule has 2 aromatic heterocycles. The SMILES string of the molecule is CC(C)(C)n1ncc(SC[Si](C)(C)c2cccs2)c(Cl)c1=O. The normalized spacial score (nSPS) is 12.6. The molecule has 0 aliphatic carbocycles. The largest absolute Gasteiger partial charge is 0.287 e. The quantitative estimate of drug-likeness (QED) is 0.601. The number of thioether (sulfide) groups is 1. The molecule has 0 radical (unpaired) electrons. The van der Waals surface area contributed by atoms with E-state index in [0.717, 1.165) is 10.3 Å². The molecule has 0 bridgehead atoms. The topological polar surface area (TPSA) is 34.9 Å². The molecule has 0 aliphatic rings. The number of halogens is 1. The summed E-state index contributed by atoms with van der Waals surface area (Å²) in [7, 11) is -1.51. The van der Waals surface area contributed by atoms with Crippen LogP contribution in [0, 0.1) is 0 Å². The van der Waals surface area contributed by atoms with Crippen LogP contribution < -0.4 is 10.1 Å². The van der Waals surface area contributed by atoms with Crippen molar-refractivity contribution in [1.29, 1.82) is 0 Å². The maximum Gasteiger partial charge on any atom is 0.287 e. The number of hydrogen-bond acceptors (Lipinski definition) is 4. The molecule has 0 N–H and O–H groups in total. The third-order valence-corrected chi connectivity index (χ3v) is 12.1. The van der Waals surface area contributed by atoms with E-state index in [1.165, 1.54) is 9.18 Å². The predicted octanol–water partition coefficient (Wildman–Crippen LogP) is 3.96. The van der Waals surface area contributed by atoms with Crippen molar-refractivity contribution in [3.05, 3.63) is 39.1 Å². The zero-order valence-electron chi connectivity index (χ0n) is 13.5. The average molecular weight is 373 g/mol. The highest BCUT2D eigenvalue weighted by Gasteiger charge is 2.26. The van der Waals surface area contributed by atoms with Gasteiger partial charge in [-0.25, -0.2) is 4.68 Å². The molecule has 0 aliphatic heterocycles. The lowest BCUT2D eigenvalue weighted by Crippen LogP contribution is -2.42. The Hall–Kier alpha value is -0.563. The minimum absolute atomic E-state index is 0.213. The summed E-state index contributed by atoms with van der Waals surface area (Å²) in [6.45, 7) is 10.5. The molecule has 2 rings (SSSR count). The van der Waals surface area contributed by atoms with Gasteiger partial charge in [-0.3, -0.25) is 4.79 Å². The first-order valence-electron chi connectivity index (χ1n) is 7.08. The molecule has 120 valence electrons. The van der Waals surface area contributed by atoms with Crippen LogP contribution in [-0.2, 0) is 5.54 Å². The Bertz CT molecular complexity index is 705. The monoisotopic (exact) mass is 372 g/mol. The van der Waals surface area contributed by atoms with E-state index in [2.05, 4.69) is 35.7 Å². The highest BCUT2D eigenvalue weighted by atomic mass is 35.5. The molecule has 0 atom stereocenters. The zero-order chi connectivity index (χ0) is 16.5. The second-order valence-electron chi connectivity index (χ2n) is 6.86. The van der Waals surface area contributed by atoms with Crippen LogP contribution in [0.4, 0.5) is 0 Å². The Morgan fingerprint density at radius 1 is 1.41 bits per heavy atom. The fraction of sp³-hybridized carbons (Fsp3) is 0.467. The van der Waals surface area contributed by atoms with E-state index in [1.54, 1.807) is 18.0 Å². The van der Waals surface area contributed by atoms with Gasteiger partial charge >= 0.3 is 0 Å². The number of aromatic nitrogens is 2. The first-order valence-corrected chi connectivity index (χ1v) is 12.5.